The van der Waals surface area contributed by atoms with Crippen molar-refractivity contribution < 1.29 is 18.0 Å². The minimum atomic E-state index is -4.32. The first kappa shape index (κ1) is 24.4. The van der Waals surface area contributed by atoms with Gasteiger partial charge in [-0.2, -0.15) is 13.2 Å². The maximum Gasteiger partial charge on any atom is 0.416 e. The van der Waals surface area contributed by atoms with E-state index in [1.165, 1.54) is 17.8 Å². The lowest BCUT2D eigenvalue weighted by atomic mass is 10.1. The SMILES string of the molecule is Cn1cccc1C1CCCN1C(=O)NCCCCN1CCN(c2cccc(C(F)(F)F)c2)CC1. The zero-order chi connectivity index (χ0) is 24.1. The second-order valence-corrected chi connectivity index (χ2v) is 9.21. The summed E-state index contributed by atoms with van der Waals surface area (Å²) < 4.78 is 41.0. The van der Waals surface area contributed by atoms with Crippen molar-refractivity contribution in [3.8, 4) is 0 Å². The zero-order valence-corrected chi connectivity index (χ0v) is 19.7. The van der Waals surface area contributed by atoms with Crippen LogP contribution in [0, 0.1) is 0 Å². The van der Waals surface area contributed by atoms with Gasteiger partial charge in [0.15, 0.2) is 0 Å². The van der Waals surface area contributed by atoms with Crippen LogP contribution in [0.5, 0.6) is 0 Å². The van der Waals surface area contributed by atoms with Crippen molar-refractivity contribution in [1.82, 2.24) is 19.7 Å². The minimum absolute atomic E-state index is 0.0124. The number of nitrogens with one attached hydrogen (secondary N) is 1. The second kappa shape index (κ2) is 10.7. The number of unbranched alkanes of at least 4 members (excludes halogenated alkanes) is 1. The summed E-state index contributed by atoms with van der Waals surface area (Å²) in [6, 6.07) is 9.84. The van der Waals surface area contributed by atoms with Gasteiger partial charge in [-0.1, -0.05) is 6.07 Å². The Kier molecular flexibility index (Phi) is 7.70. The molecule has 186 valence electrons. The summed E-state index contributed by atoms with van der Waals surface area (Å²) in [6.45, 7) is 5.46. The molecule has 3 heterocycles. The summed E-state index contributed by atoms with van der Waals surface area (Å²) in [7, 11) is 2.02. The quantitative estimate of drug-likeness (QED) is 0.598. The van der Waals surface area contributed by atoms with E-state index in [2.05, 4.69) is 20.9 Å². The third-order valence-corrected chi connectivity index (χ3v) is 6.93. The van der Waals surface area contributed by atoms with Gasteiger partial charge in [-0.3, -0.25) is 4.90 Å². The number of piperazine rings is 1. The molecular weight excluding hydrogens is 443 g/mol. The second-order valence-electron chi connectivity index (χ2n) is 9.21. The maximum atomic E-state index is 13.0. The molecule has 2 aliphatic heterocycles. The van der Waals surface area contributed by atoms with Gasteiger partial charge in [0.25, 0.3) is 0 Å². The highest BCUT2D eigenvalue weighted by Crippen LogP contribution is 2.32. The number of nitrogens with zero attached hydrogens (tertiary/aromatic N) is 4. The molecule has 0 radical (unpaired) electrons. The Balaban J connectivity index is 1.14. The van der Waals surface area contributed by atoms with Crippen molar-refractivity contribution in [2.75, 3.05) is 50.7 Å². The topological polar surface area (TPSA) is 43.8 Å². The number of hydrogen-bond donors (Lipinski definition) is 1. The lowest BCUT2D eigenvalue weighted by Gasteiger charge is -2.36. The van der Waals surface area contributed by atoms with Crippen LogP contribution in [-0.4, -0.2) is 66.2 Å². The predicted octanol–water partition coefficient (Wildman–Crippen LogP) is 4.49. The molecule has 34 heavy (non-hydrogen) atoms. The highest BCUT2D eigenvalue weighted by Gasteiger charge is 2.32. The van der Waals surface area contributed by atoms with E-state index in [1.807, 2.05) is 29.1 Å². The first-order valence-electron chi connectivity index (χ1n) is 12.1. The van der Waals surface area contributed by atoms with Gasteiger partial charge in [0.05, 0.1) is 11.6 Å². The molecule has 2 saturated heterocycles. The van der Waals surface area contributed by atoms with E-state index in [9.17, 15) is 18.0 Å². The average Bonchev–Trinajstić information content (AvgIpc) is 3.47. The molecule has 1 N–H and O–H groups in total. The fraction of sp³-hybridized carbons (Fsp3) is 0.560. The molecule has 2 aromatic rings. The number of amides is 2. The molecule has 6 nitrogen and oxygen atoms in total. The highest BCUT2D eigenvalue weighted by atomic mass is 19.4. The molecule has 0 spiro atoms. The van der Waals surface area contributed by atoms with Gasteiger partial charge < -0.3 is 19.7 Å². The third kappa shape index (κ3) is 5.87. The van der Waals surface area contributed by atoms with Crippen LogP contribution in [0.4, 0.5) is 23.7 Å². The number of likely N-dealkylation sites (tertiary alicyclic amines) is 1. The monoisotopic (exact) mass is 477 g/mol. The number of aryl methyl sites for hydroxylation is 1. The van der Waals surface area contributed by atoms with Crippen molar-refractivity contribution in [2.24, 2.45) is 7.05 Å². The number of anilines is 1. The van der Waals surface area contributed by atoms with Crippen LogP contribution in [0.1, 0.15) is 43.0 Å². The molecule has 2 amide bonds. The van der Waals surface area contributed by atoms with E-state index < -0.39 is 11.7 Å². The smallest absolute Gasteiger partial charge is 0.369 e. The Morgan fingerprint density at radius 2 is 1.85 bits per heavy atom. The summed E-state index contributed by atoms with van der Waals surface area (Å²) >= 11 is 0. The van der Waals surface area contributed by atoms with Gasteiger partial charge in [0, 0.05) is 63.9 Å². The van der Waals surface area contributed by atoms with Crippen LogP contribution in [0.2, 0.25) is 0 Å². The molecule has 0 saturated carbocycles. The van der Waals surface area contributed by atoms with E-state index in [-0.39, 0.29) is 12.1 Å². The Bertz CT molecular complexity index is 952. The van der Waals surface area contributed by atoms with Crippen LogP contribution in [0.3, 0.4) is 0 Å². The summed E-state index contributed by atoms with van der Waals surface area (Å²) in [6.07, 6.45) is 1.61. The lowest BCUT2D eigenvalue weighted by Crippen LogP contribution is -2.46. The Hall–Kier alpha value is -2.68. The van der Waals surface area contributed by atoms with E-state index in [1.54, 1.807) is 6.07 Å². The fourth-order valence-electron chi connectivity index (χ4n) is 5.00. The number of aromatic nitrogens is 1. The predicted molar refractivity (Wildman–Crippen MR) is 127 cm³/mol. The average molecular weight is 478 g/mol. The first-order valence-corrected chi connectivity index (χ1v) is 12.1. The van der Waals surface area contributed by atoms with Crippen LogP contribution < -0.4 is 10.2 Å². The van der Waals surface area contributed by atoms with Gasteiger partial charge in [-0.05, 0) is 62.6 Å². The molecule has 2 fully saturated rings. The zero-order valence-electron chi connectivity index (χ0n) is 19.7. The number of alkyl halides is 3. The Labute approximate surface area is 199 Å². The van der Waals surface area contributed by atoms with Gasteiger partial charge in [0.2, 0.25) is 0 Å². The Morgan fingerprint density at radius 1 is 1.06 bits per heavy atom. The van der Waals surface area contributed by atoms with Gasteiger partial charge >= 0.3 is 12.2 Å². The van der Waals surface area contributed by atoms with Crippen LogP contribution >= 0.6 is 0 Å². The lowest BCUT2D eigenvalue weighted by molar-refractivity contribution is -0.137. The molecule has 2 aliphatic rings. The largest absolute Gasteiger partial charge is 0.416 e. The summed E-state index contributed by atoms with van der Waals surface area (Å²) in [5.74, 6) is 0. The number of benzene rings is 1. The first-order chi connectivity index (χ1) is 16.3. The molecular formula is C25H34F3N5O. The van der Waals surface area contributed by atoms with Crippen LogP contribution in [-0.2, 0) is 13.2 Å². The highest BCUT2D eigenvalue weighted by molar-refractivity contribution is 5.75. The number of rotatable bonds is 7. The van der Waals surface area contributed by atoms with Gasteiger partial charge in [0.1, 0.15) is 0 Å². The summed E-state index contributed by atoms with van der Waals surface area (Å²) in [5.41, 5.74) is 1.21. The number of carbonyl (C=O) groups excluding carboxylic acids is 1. The minimum Gasteiger partial charge on any atom is -0.369 e. The van der Waals surface area contributed by atoms with Crippen molar-refractivity contribution in [2.45, 2.75) is 37.9 Å². The number of urea groups is 1. The summed E-state index contributed by atoms with van der Waals surface area (Å²) in [4.78, 5) is 19.0. The molecule has 0 aliphatic carbocycles. The van der Waals surface area contributed by atoms with Gasteiger partial charge in [-0.25, -0.2) is 4.79 Å². The molecule has 1 unspecified atom stereocenters. The van der Waals surface area contributed by atoms with Crippen molar-refractivity contribution in [3.63, 3.8) is 0 Å². The van der Waals surface area contributed by atoms with E-state index in [4.69, 9.17) is 0 Å². The molecule has 1 aromatic heterocycles. The maximum absolute atomic E-state index is 13.0. The standard InChI is InChI=1S/C25H34F3N5O/c1-30-12-5-9-22(30)23-10-6-14-33(23)24(34)29-11-2-3-13-31-15-17-32(18-16-31)21-8-4-7-20(19-21)25(26,27)28/h4-5,7-9,12,19,23H,2-3,6,10-11,13-18H2,1H3,(H,29,34). The Morgan fingerprint density at radius 3 is 2.56 bits per heavy atom. The van der Waals surface area contributed by atoms with E-state index in [0.29, 0.717) is 25.3 Å². The number of halogens is 3. The van der Waals surface area contributed by atoms with Crippen LogP contribution in [0.15, 0.2) is 42.6 Å². The number of hydrogen-bond acceptors (Lipinski definition) is 3. The number of carbonyl (C=O) groups is 1. The van der Waals surface area contributed by atoms with Crippen molar-refractivity contribution >= 4 is 11.7 Å². The molecule has 1 atom stereocenters. The molecule has 4 rings (SSSR count). The fourth-order valence-corrected chi connectivity index (χ4v) is 5.00. The molecule has 0 bridgehead atoms. The normalized spacial score (nSPS) is 19.6. The molecule has 1 aromatic carbocycles. The molecule has 9 heteroatoms. The van der Waals surface area contributed by atoms with Gasteiger partial charge in [-0.15, -0.1) is 0 Å². The van der Waals surface area contributed by atoms with E-state index in [0.717, 1.165) is 57.9 Å². The summed E-state index contributed by atoms with van der Waals surface area (Å²) in [5, 5.41) is 3.08. The third-order valence-electron chi connectivity index (χ3n) is 6.93. The van der Waals surface area contributed by atoms with Crippen molar-refractivity contribution in [3.05, 3.63) is 53.9 Å². The van der Waals surface area contributed by atoms with Crippen LogP contribution in [0.25, 0.3) is 0 Å². The van der Waals surface area contributed by atoms with Crippen molar-refractivity contribution in [1.29, 1.82) is 0 Å². The van der Waals surface area contributed by atoms with E-state index >= 15 is 0 Å².